The Morgan fingerprint density at radius 1 is 1.03 bits per heavy atom. The van der Waals surface area contributed by atoms with Gasteiger partial charge in [-0.15, -0.1) is 6.58 Å². The van der Waals surface area contributed by atoms with Crippen molar-refractivity contribution in [1.29, 1.82) is 0 Å². The van der Waals surface area contributed by atoms with Crippen LogP contribution in [0.3, 0.4) is 0 Å². The summed E-state index contributed by atoms with van der Waals surface area (Å²) in [5.74, 6) is 2.80. The standard InChI is InChI=1S/C28H29N3O3/c1-2-13-30-24-17-31(23-15-18-11-12-19(23)14-18)27(32)25(24)26(29-28(30)33)20-7-6-10-22(16-20)34-21-8-4-3-5-9-21/h2-10,16,18-19,23,26H,1,11-15,17H2,(H,29,33). The molecule has 0 saturated heterocycles. The molecule has 2 aliphatic carbocycles. The maximum absolute atomic E-state index is 13.9. The van der Waals surface area contributed by atoms with Gasteiger partial charge in [0.1, 0.15) is 11.5 Å². The van der Waals surface area contributed by atoms with Crippen LogP contribution in [0.5, 0.6) is 11.5 Å². The monoisotopic (exact) mass is 455 g/mol. The molecule has 1 N–H and O–H groups in total. The lowest BCUT2D eigenvalue weighted by molar-refractivity contribution is -0.128. The molecule has 2 aromatic rings. The fourth-order valence-corrected chi connectivity index (χ4v) is 6.33. The van der Waals surface area contributed by atoms with E-state index in [1.54, 1.807) is 11.0 Å². The molecule has 2 aromatic carbocycles. The van der Waals surface area contributed by atoms with Gasteiger partial charge in [0, 0.05) is 12.6 Å². The Balaban J connectivity index is 1.34. The minimum atomic E-state index is -0.501. The van der Waals surface area contributed by atoms with Crippen LogP contribution < -0.4 is 10.1 Å². The summed E-state index contributed by atoms with van der Waals surface area (Å²) < 4.78 is 6.02. The van der Waals surface area contributed by atoms with Crippen molar-refractivity contribution in [2.75, 3.05) is 13.1 Å². The molecule has 174 valence electrons. The Bertz CT molecular complexity index is 1170. The fraction of sp³-hybridized carbons (Fsp3) is 0.357. The molecule has 2 fully saturated rings. The molecule has 6 heteroatoms. The van der Waals surface area contributed by atoms with Crippen LogP contribution in [0, 0.1) is 11.8 Å². The maximum Gasteiger partial charge on any atom is 0.322 e. The van der Waals surface area contributed by atoms with Gasteiger partial charge in [-0.2, -0.15) is 0 Å². The third-order valence-electron chi connectivity index (χ3n) is 7.83. The molecule has 34 heavy (non-hydrogen) atoms. The van der Waals surface area contributed by atoms with E-state index in [0.29, 0.717) is 30.3 Å². The number of benzene rings is 2. The predicted octanol–water partition coefficient (Wildman–Crippen LogP) is 5.02. The molecule has 4 aliphatic rings. The lowest BCUT2D eigenvalue weighted by atomic mass is 9.93. The summed E-state index contributed by atoms with van der Waals surface area (Å²) >= 11 is 0. The van der Waals surface area contributed by atoms with Gasteiger partial charge in [0.25, 0.3) is 5.91 Å². The molecular formula is C28H29N3O3. The molecule has 2 heterocycles. The molecule has 2 aliphatic heterocycles. The Kier molecular flexibility index (Phi) is 5.16. The molecule has 2 saturated carbocycles. The number of urea groups is 1. The average molecular weight is 456 g/mol. The summed E-state index contributed by atoms with van der Waals surface area (Å²) in [5, 5.41) is 3.08. The maximum atomic E-state index is 13.9. The molecule has 0 aromatic heterocycles. The van der Waals surface area contributed by atoms with Gasteiger partial charge < -0.3 is 15.0 Å². The van der Waals surface area contributed by atoms with Gasteiger partial charge in [0.05, 0.1) is 23.9 Å². The number of carbonyl (C=O) groups excluding carboxylic acids is 2. The topological polar surface area (TPSA) is 61.9 Å². The van der Waals surface area contributed by atoms with E-state index in [1.165, 1.54) is 19.3 Å². The van der Waals surface area contributed by atoms with Gasteiger partial charge in [-0.1, -0.05) is 42.8 Å². The zero-order valence-corrected chi connectivity index (χ0v) is 19.2. The quantitative estimate of drug-likeness (QED) is 0.623. The first-order chi connectivity index (χ1) is 16.6. The smallest absolute Gasteiger partial charge is 0.322 e. The summed E-state index contributed by atoms with van der Waals surface area (Å²) in [5.41, 5.74) is 2.34. The molecule has 4 unspecified atom stereocenters. The van der Waals surface area contributed by atoms with Gasteiger partial charge in [-0.05, 0) is 60.9 Å². The molecule has 0 spiro atoms. The third-order valence-corrected chi connectivity index (χ3v) is 7.83. The van der Waals surface area contributed by atoms with Crippen LogP contribution in [0.25, 0.3) is 0 Å². The van der Waals surface area contributed by atoms with E-state index in [1.807, 2.05) is 59.5 Å². The highest BCUT2D eigenvalue weighted by Gasteiger charge is 2.50. The number of para-hydroxylation sites is 1. The van der Waals surface area contributed by atoms with Crippen molar-refractivity contribution in [3.05, 3.63) is 84.1 Å². The zero-order chi connectivity index (χ0) is 23.2. The lowest BCUT2D eigenvalue weighted by Crippen LogP contribution is -2.47. The van der Waals surface area contributed by atoms with E-state index in [2.05, 4.69) is 11.9 Å². The normalized spacial score (nSPS) is 27.8. The molecule has 4 atom stereocenters. The first kappa shape index (κ1) is 21.0. The second kappa shape index (κ2) is 8.35. The largest absolute Gasteiger partial charge is 0.457 e. The van der Waals surface area contributed by atoms with Gasteiger partial charge in [-0.25, -0.2) is 4.79 Å². The number of hydrogen-bond acceptors (Lipinski definition) is 3. The molecule has 2 bridgehead atoms. The highest BCUT2D eigenvalue weighted by Crippen LogP contribution is 2.49. The molecule has 3 amide bonds. The van der Waals surface area contributed by atoms with Gasteiger partial charge in [-0.3, -0.25) is 9.69 Å². The van der Waals surface area contributed by atoms with Crippen molar-refractivity contribution in [1.82, 2.24) is 15.1 Å². The Morgan fingerprint density at radius 3 is 2.59 bits per heavy atom. The fourth-order valence-electron chi connectivity index (χ4n) is 6.33. The van der Waals surface area contributed by atoms with Crippen molar-refractivity contribution in [3.63, 3.8) is 0 Å². The molecule has 6 rings (SSSR count). The Morgan fingerprint density at radius 2 is 1.85 bits per heavy atom. The average Bonchev–Trinajstić information content (AvgIpc) is 3.56. The summed E-state index contributed by atoms with van der Waals surface area (Å²) in [6.07, 6.45) is 6.53. The highest BCUT2D eigenvalue weighted by molar-refractivity contribution is 6.01. The summed E-state index contributed by atoms with van der Waals surface area (Å²) in [7, 11) is 0. The van der Waals surface area contributed by atoms with Crippen LogP contribution in [-0.2, 0) is 4.79 Å². The van der Waals surface area contributed by atoms with Crippen molar-refractivity contribution in [2.45, 2.75) is 37.8 Å². The first-order valence-electron chi connectivity index (χ1n) is 12.2. The van der Waals surface area contributed by atoms with E-state index in [9.17, 15) is 9.59 Å². The van der Waals surface area contributed by atoms with Crippen LogP contribution in [-0.4, -0.2) is 40.9 Å². The van der Waals surface area contributed by atoms with Crippen LogP contribution in [0.4, 0.5) is 4.79 Å². The van der Waals surface area contributed by atoms with Crippen LogP contribution in [0.15, 0.2) is 78.5 Å². The molecule has 0 radical (unpaired) electrons. The number of hydrogen-bond donors (Lipinski definition) is 1. The Labute approximate surface area is 199 Å². The second-order valence-corrected chi connectivity index (χ2v) is 9.81. The third kappa shape index (κ3) is 3.49. The van der Waals surface area contributed by atoms with Crippen molar-refractivity contribution in [3.8, 4) is 11.5 Å². The number of nitrogens with zero attached hydrogens (tertiary/aromatic N) is 2. The molecule has 6 nitrogen and oxygen atoms in total. The minimum absolute atomic E-state index is 0.0565. The van der Waals surface area contributed by atoms with Crippen molar-refractivity contribution in [2.24, 2.45) is 11.8 Å². The SMILES string of the molecule is C=CCN1C(=O)NC(c2cccc(Oc3ccccc3)c2)C2=C1CN(C1CC3CCC1C3)C2=O. The van der Waals surface area contributed by atoms with E-state index in [-0.39, 0.29) is 18.0 Å². The number of fused-ring (bicyclic) bond motifs is 2. The van der Waals surface area contributed by atoms with Gasteiger partial charge in [0.15, 0.2) is 0 Å². The van der Waals surface area contributed by atoms with Gasteiger partial charge >= 0.3 is 6.03 Å². The highest BCUT2D eigenvalue weighted by atomic mass is 16.5. The van der Waals surface area contributed by atoms with Crippen molar-refractivity contribution >= 4 is 11.9 Å². The number of rotatable bonds is 6. The number of nitrogens with one attached hydrogen (secondary N) is 1. The summed E-state index contributed by atoms with van der Waals surface area (Å²) in [4.78, 5) is 30.7. The van der Waals surface area contributed by atoms with Crippen LogP contribution in [0.1, 0.15) is 37.3 Å². The Hall–Kier alpha value is -3.54. The summed E-state index contributed by atoms with van der Waals surface area (Å²) in [6, 6.07) is 16.8. The van der Waals surface area contributed by atoms with E-state index >= 15 is 0 Å². The minimum Gasteiger partial charge on any atom is -0.457 e. The van der Waals surface area contributed by atoms with Crippen LogP contribution in [0.2, 0.25) is 0 Å². The first-order valence-corrected chi connectivity index (χ1v) is 12.2. The lowest BCUT2D eigenvalue weighted by Gasteiger charge is -2.33. The number of amides is 3. The van der Waals surface area contributed by atoms with E-state index < -0.39 is 6.04 Å². The number of carbonyl (C=O) groups is 2. The van der Waals surface area contributed by atoms with E-state index in [4.69, 9.17) is 4.74 Å². The van der Waals surface area contributed by atoms with Gasteiger partial charge in [0.2, 0.25) is 0 Å². The van der Waals surface area contributed by atoms with Crippen LogP contribution >= 0.6 is 0 Å². The zero-order valence-electron chi connectivity index (χ0n) is 19.2. The predicted molar refractivity (Wildman–Crippen MR) is 129 cm³/mol. The number of ether oxygens (including phenoxy) is 1. The second-order valence-electron chi connectivity index (χ2n) is 9.81. The molecular weight excluding hydrogens is 426 g/mol. The van der Waals surface area contributed by atoms with E-state index in [0.717, 1.165) is 29.3 Å². The van der Waals surface area contributed by atoms with Crippen molar-refractivity contribution < 1.29 is 14.3 Å². The summed E-state index contributed by atoms with van der Waals surface area (Å²) in [6.45, 7) is 4.70.